The maximum Gasteiger partial charge on any atom is 0.411 e. The second-order valence-corrected chi connectivity index (χ2v) is 4.40. The average Bonchev–Trinajstić information content (AvgIpc) is 2.12. The van der Waals surface area contributed by atoms with Gasteiger partial charge in [-0.05, 0) is 12.8 Å². The lowest BCUT2D eigenvalue weighted by molar-refractivity contribution is -0.175. The molecule has 0 saturated carbocycles. The first-order chi connectivity index (χ1) is 7.54. The molecule has 17 heavy (non-hydrogen) atoms. The quantitative estimate of drug-likeness (QED) is 0.748. The van der Waals surface area contributed by atoms with Crippen molar-refractivity contribution >= 4 is 5.91 Å². The molecular weight excluding hydrogens is 239 g/mol. The van der Waals surface area contributed by atoms with Crippen molar-refractivity contribution in [2.75, 3.05) is 19.8 Å². The number of rotatable bonds is 6. The normalized spacial score (nSPS) is 15.8. The second kappa shape index (κ2) is 6.20. The van der Waals surface area contributed by atoms with E-state index in [0.717, 1.165) is 0 Å². The molecule has 4 nitrogen and oxygen atoms in total. The van der Waals surface area contributed by atoms with Gasteiger partial charge in [0, 0.05) is 6.54 Å². The molecule has 1 atom stereocenters. The molecule has 1 amide bonds. The third-order valence-corrected chi connectivity index (χ3v) is 2.39. The van der Waals surface area contributed by atoms with E-state index < -0.39 is 30.9 Å². The molecule has 0 rings (SSSR count). The molecule has 0 aliphatic rings. The monoisotopic (exact) mass is 257 g/mol. The smallest absolute Gasteiger partial charge is 0.388 e. The van der Waals surface area contributed by atoms with E-state index >= 15 is 0 Å². The van der Waals surface area contributed by atoms with Crippen molar-refractivity contribution in [2.24, 2.45) is 5.92 Å². The Morgan fingerprint density at radius 1 is 1.41 bits per heavy atom. The van der Waals surface area contributed by atoms with E-state index in [1.54, 1.807) is 13.8 Å². The summed E-state index contributed by atoms with van der Waals surface area (Å²) in [5, 5.41) is 12.1. The van der Waals surface area contributed by atoms with Crippen LogP contribution >= 0.6 is 0 Å². The highest BCUT2D eigenvalue weighted by molar-refractivity contribution is 5.77. The lowest BCUT2D eigenvalue weighted by Gasteiger charge is -2.27. The van der Waals surface area contributed by atoms with Crippen LogP contribution < -0.4 is 5.32 Å². The van der Waals surface area contributed by atoms with Crippen molar-refractivity contribution in [1.29, 1.82) is 0 Å². The van der Waals surface area contributed by atoms with E-state index in [1.165, 1.54) is 6.92 Å². The van der Waals surface area contributed by atoms with Crippen LogP contribution in [-0.2, 0) is 9.53 Å². The summed E-state index contributed by atoms with van der Waals surface area (Å²) in [5.41, 5.74) is -1.10. The van der Waals surface area contributed by atoms with Gasteiger partial charge in [-0.3, -0.25) is 4.79 Å². The summed E-state index contributed by atoms with van der Waals surface area (Å²) in [6, 6.07) is 0. The zero-order valence-corrected chi connectivity index (χ0v) is 10.1. The Morgan fingerprint density at radius 2 is 1.94 bits per heavy atom. The van der Waals surface area contributed by atoms with Gasteiger partial charge in [-0.25, -0.2) is 0 Å². The van der Waals surface area contributed by atoms with Gasteiger partial charge in [-0.2, -0.15) is 13.2 Å². The number of amides is 1. The third-order valence-electron chi connectivity index (χ3n) is 2.39. The van der Waals surface area contributed by atoms with Gasteiger partial charge >= 0.3 is 6.18 Å². The maximum absolute atomic E-state index is 11.7. The number of carbonyl (C=O) groups excluding carboxylic acids is 1. The molecule has 0 aliphatic carbocycles. The molecule has 7 heteroatoms. The first-order valence-electron chi connectivity index (χ1n) is 5.18. The van der Waals surface area contributed by atoms with E-state index in [4.69, 9.17) is 0 Å². The van der Waals surface area contributed by atoms with E-state index in [1.807, 2.05) is 0 Å². The molecule has 0 aromatic carbocycles. The first kappa shape index (κ1) is 16.2. The highest BCUT2D eigenvalue weighted by Gasteiger charge is 2.28. The van der Waals surface area contributed by atoms with E-state index in [0.29, 0.717) is 0 Å². The van der Waals surface area contributed by atoms with Crippen LogP contribution in [0.1, 0.15) is 20.8 Å². The van der Waals surface area contributed by atoms with Crippen molar-refractivity contribution in [3.8, 4) is 0 Å². The summed E-state index contributed by atoms with van der Waals surface area (Å²) < 4.78 is 39.2. The molecule has 0 aliphatic heterocycles. The molecule has 0 spiro atoms. The van der Waals surface area contributed by atoms with Crippen molar-refractivity contribution in [3.05, 3.63) is 0 Å². The molecule has 0 fully saturated rings. The first-order valence-corrected chi connectivity index (χ1v) is 5.18. The van der Waals surface area contributed by atoms with Crippen molar-refractivity contribution in [1.82, 2.24) is 5.32 Å². The minimum atomic E-state index is -4.44. The topological polar surface area (TPSA) is 58.6 Å². The number of nitrogens with one attached hydrogen (secondary N) is 1. The van der Waals surface area contributed by atoms with E-state index in [-0.39, 0.29) is 12.5 Å². The van der Waals surface area contributed by atoms with Gasteiger partial charge in [0.05, 0.1) is 5.60 Å². The Morgan fingerprint density at radius 3 is 2.35 bits per heavy atom. The summed E-state index contributed by atoms with van der Waals surface area (Å²) in [5.74, 6) is -0.769. The summed E-state index contributed by atoms with van der Waals surface area (Å²) in [7, 11) is 0. The van der Waals surface area contributed by atoms with Crippen LogP contribution in [-0.4, -0.2) is 42.5 Å². The van der Waals surface area contributed by atoms with Gasteiger partial charge in [0.1, 0.15) is 13.2 Å². The number of carbonyl (C=O) groups is 1. The van der Waals surface area contributed by atoms with Gasteiger partial charge in [0.2, 0.25) is 5.91 Å². The lowest BCUT2D eigenvalue weighted by atomic mass is 9.93. The standard InChI is InChI=1S/C10H18F3NO3/c1-7(2)9(3,16)5-14-8(15)4-17-6-10(11,12)13/h7,16H,4-6H2,1-3H3,(H,14,15). The van der Waals surface area contributed by atoms with Crippen molar-refractivity contribution < 1.29 is 27.8 Å². The number of hydrogen-bond acceptors (Lipinski definition) is 3. The van der Waals surface area contributed by atoms with Crippen LogP contribution in [0.15, 0.2) is 0 Å². The summed E-state index contributed by atoms with van der Waals surface area (Å²) in [6.07, 6.45) is -4.44. The zero-order chi connectivity index (χ0) is 13.7. The Balaban J connectivity index is 3.82. The van der Waals surface area contributed by atoms with Crippen LogP contribution in [0.4, 0.5) is 13.2 Å². The Bertz CT molecular complexity index is 252. The molecule has 0 aromatic rings. The lowest BCUT2D eigenvalue weighted by Crippen LogP contribution is -2.45. The molecule has 0 radical (unpaired) electrons. The predicted octanol–water partition coefficient (Wildman–Crippen LogP) is 1.09. The molecule has 102 valence electrons. The van der Waals surface area contributed by atoms with E-state index in [9.17, 15) is 23.1 Å². The van der Waals surface area contributed by atoms with Gasteiger partial charge in [-0.15, -0.1) is 0 Å². The molecule has 0 bridgehead atoms. The predicted molar refractivity (Wildman–Crippen MR) is 55.3 cm³/mol. The molecule has 1 unspecified atom stereocenters. The number of halogens is 3. The van der Waals surface area contributed by atoms with Crippen LogP contribution in [0.3, 0.4) is 0 Å². The van der Waals surface area contributed by atoms with Gasteiger partial charge in [0.25, 0.3) is 0 Å². The highest BCUT2D eigenvalue weighted by atomic mass is 19.4. The SMILES string of the molecule is CC(C)C(C)(O)CNC(=O)COCC(F)(F)F. The highest BCUT2D eigenvalue weighted by Crippen LogP contribution is 2.15. The Kier molecular flexibility index (Phi) is 5.91. The van der Waals surface area contributed by atoms with Crippen molar-refractivity contribution in [3.63, 3.8) is 0 Å². The third kappa shape index (κ3) is 7.98. The molecule has 0 heterocycles. The summed E-state index contributed by atoms with van der Waals surface area (Å²) in [4.78, 5) is 11.1. The summed E-state index contributed by atoms with van der Waals surface area (Å²) >= 11 is 0. The minimum absolute atomic E-state index is 0.0289. The van der Waals surface area contributed by atoms with E-state index in [2.05, 4.69) is 10.1 Å². The summed E-state index contributed by atoms with van der Waals surface area (Å²) in [6.45, 7) is 2.92. The zero-order valence-electron chi connectivity index (χ0n) is 10.1. The number of alkyl halides is 3. The fourth-order valence-corrected chi connectivity index (χ4v) is 0.792. The van der Waals surface area contributed by atoms with Crippen LogP contribution in [0.5, 0.6) is 0 Å². The molecular formula is C10H18F3NO3. The second-order valence-electron chi connectivity index (χ2n) is 4.40. The average molecular weight is 257 g/mol. The number of hydrogen-bond donors (Lipinski definition) is 2. The largest absolute Gasteiger partial charge is 0.411 e. The van der Waals surface area contributed by atoms with Crippen LogP contribution in [0.2, 0.25) is 0 Å². The minimum Gasteiger partial charge on any atom is -0.388 e. The molecule has 0 aromatic heterocycles. The van der Waals surface area contributed by atoms with Gasteiger partial charge in [-0.1, -0.05) is 13.8 Å². The Labute approximate surface area is 98.1 Å². The number of aliphatic hydroxyl groups is 1. The molecule has 0 saturated heterocycles. The number of ether oxygens (including phenoxy) is 1. The van der Waals surface area contributed by atoms with Crippen LogP contribution in [0.25, 0.3) is 0 Å². The van der Waals surface area contributed by atoms with Crippen molar-refractivity contribution in [2.45, 2.75) is 32.5 Å². The fraction of sp³-hybridized carbons (Fsp3) is 0.900. The van der Waals surface area contributed by atoms with Crippen LogP contribution in [0, 0.1) is 5.92 Å². The van der Waals surface area contributed by atoms with Gasteiger partial charge in [0.15, 0.2) is 0 Å². The van der Waals surface area contributed by atoms with Gasteiger partial charge < -0.3 is 15.2 Å². The Hall–Kier alpha value is -0.820. The molecule has 2 N–H and O–H groups in total. The maximum atomic E-state index is 11.7. The fourth-order valence-electron chi connectivity index (χ4n) is 0.792.